The molecule has 1 saturated carbocycles. The molecule has 0 spiro atoms. The first-order chi connectivity index (χ1) is 10.3. The van der Waals surface area contributed by atoms with Gasteiger partial charge in [-0.1, -0.05) is 32.1 Å². The lowest BCUT2D eigenvalue weighted by molar-refractivity contribution is 0.299. The largest absolute Gasteiger partial charge is 0.493 e. The molecule has 1 fully saturated rings. The van der Waals surface area contributed by atoms with Crippen LogP contribution in [0, 0.1) is 5.92 Å². The first-order valence-corrected chi connectivity index (χ1v) is 9.69. The van der Waals surface area contributed by atoms with Crippen LogP contribution in [0.3, 0.4) is 0 Å². The monoisotopic (exact) mass is 322 g/mol. The molecule has 0 bridgehead atoms. The summed E-state index contributed by atoms with van der Waals surface area (Å²) in [6, 6.07) is 7.84. The first kappa shape index (κ1) is 17.1. The molecule has 0 radical (unpaired) electrons. The van der Waals surface area contributed by atoms with Crippen LogP contribution in [0.2, 0.25) is 0 Å². The van der Waals surface area contributed by atoms with Crippen molar-refractivity contribution in [1.29, 1.82) is 0 Å². The standard InChI is InChI=1S/C18H26O3S/c1-4-5-11-22(19,20)14-18(2,3)16-7-6-8-17(12-16)21-13-15-9-10-15/h4,6-8,12,15H,1,5,9-11,13-14H2,2-3H3. The normalized spacial score (nSPS) is 15.5. The van der Waals surface area contributed by atoms with Gasteiger partial charge in [0.25, 0.3) is 0 Å². The topological polar surface area (TPSA) is 43.4 Å². The van der Waals surface area contributed by atoms with Crippen LogP contribution >= 0.6 is 0 Å². The Balaban J connectivity index is 2.06. The highest BCUT2D eigenvalue weighted by Gasteiger charge is 2.28. The Bertz CT molecular complexity index is 613. The first-order valence-electron chi connectivity index (χ1n) is 7.87. The van der Waals surface area contributed by atoms with Gasteiger partial charge in [0, 0.05) is 5.41 Å². The van der Waals surface area contributed by atoms with Gasteiger partial charge in [0.2, 0.25) is 0 Å². The summed E-state index contributed by atoms with van der Waals surface area (Å²) in [6.07, 6.45) is 4.67. The Hall–Kier alpha value is -1.29. The van der Waals surface area contributed by atoms with Crippen molar-refractivity contribution in [3.8, 4) is 5.75 Å². The van der Waals surface area contributed by atoms with Crippen molar-refractivity contribution < 1.29 is 13.2 Å². The van der Waals surface area contributed by atoms with Gasteiger partial charge in [0.15, 0.2) is 9.84 Å². The Labute approximate surface area is 134 Å². The third-order valence-corrected chi connectivity index (χ3v) is 6.03. The van der Waals surface area contributed by atoms with Crippen LogP contribution in [0.25, 0.3) is 0 Å². The summed E-state index contributed by atoms with van der Waals surface area (Å²) < 4.78 is 30.2. The van der Waals surface area contributed by atoms with E-state index in [1.807, 2.05) is 38.1 Å². The third kappa shape index (κ3) is 5.16. The maximum absolute atomic E-state index is 12.2. The van der Waals surface area contributed by atoms with Crippen LogP contribution in [-0.4, -0.2) is 26.5 Å². The molecule has 0 aliphatic heterocycles. The van der Waals surface area contributed by atoms with Crippen LogP contribution < -0.4 is 4.74 Å². The minimum atomic E-state index is -3.09. The molecule has 0 amide bonds. The molecule has 1 aromatic carbocycles. The fourth-order valence-electron chi connectivity index (χ4n) is 2.47. The number of ether oxygens (including phenoxy) is 1. The Morgan fingerprint density at radius 3 is 2.73 bits per heavy atom. The van der Waals surface area contributed by atoms with Crippen molar-refractivity contribution in [2.45, 2.75) is 38.5 Å². The molecule has 0 N–H and O–H groups in total. The molecule has 1 aliphatic rings. The van der Waals surface area contributed by atoms with Gasteiger partial charge >= 0.3 is 0 Å². The zero-order valence-electron chi connectivity index (χ0n) is 13.5. The van der Waals surface area contributed by atoms with E-state index in [0.29, 0.717) is 12.3 Å². The smallest absolute Gasteiger partial charge is 0.151 e. The summed E-state index contributed by atoms with van der Waals surface area (Å²) in [7, 11) is -3.09. The fraction of sp³-hybridized carbons (Fsp3) is 0.556. The van der Waals surface area contributed by atoms with Gasteiger partial charge in [0.05, 0.1) is 18.1 Å². The van der Waals surface area contributed by atoms with E-state index in [1.165, 1.54) is 12.8 Å². The average Bonchev–Trinajstić information content (AvgIpc) is 3.26. The molecule has 122 valence electrons. The minimum Gasteiger partial charge on any atom is -0.493 e. The zero-order chi connectivity index (χ0) is 16.2. The number of rotatable bonds is 9. The Morgan fingerprint density at radius 1 is 1.36 bits per heavy atom. The van der Waals surface area contributed by atoms with Crippen LogP contribution in [0.5, 0.6) is 5.75 Å². The number of hydrogen-bond acceptors (Lipinski definition) is 3. The molecule has 0 aromatic heterocycles. The van der Waals surface area contributed by atoms with Crippen molar-refractivity contribution in [3.63, 3.8) is 0 Å². The lowest BCUT2D eigenvalue weighted by Crippen LogP contribution is -2.29. The van der Waals surface area contributed by atoms with Crippen molar-refractivity contribution >= 4 is 9.84 Å². The summed E-state index contributed by atoms with van der Waals surface area (Å²) in [4.78, 5) is 0. The van der Waals surface area contributed by atoms with Gasteiger partial charge in [0.1, 0.15) is 5.75 Å². The van der Waals surface area contributed by atoms with E-state index in [2.05, 4.69) is 6.58 Å². The van der Waals surface area contributed by atoms with Crippen molar-refractivity contribution in [2.75, 3.05) is 18.1 Å². The highest BCUT2D eigenvalue weighted by molar-refractivity contribution is 7.91. The highest BCUT2D eigenvalue weighted by Crippen LogP contribution is 2.31. The summed E-state index contributed by atoms with van der Waals surface area (Å²) in [5, 5.41) is 0. The van der Waals surface area contributed by atoms with Crippen molar-refractivity contribution in [3.05, 3.63) is 42.5 Å². The molecule has 0 heterocycles. The van der Waals surface area contributed by atoms with Crippen molar-refractivity contribution in [2.24, 2.45) is 5.92 Å². The van der Waals surface area contributed by atoms with E-state index in [-0.39, 0.29) is 11.5 Å². The van der Waals surface area contributed by atoms with Crippen LogP contribution in [0.15, 0.2) is 36.9 Å². The predicted octanol–water partition coefficient (Wildman–Crippen LogP) is 3.74. The van der Waals surface area contributed by atoms with Gasteiger partial charge in [-0.05, 0) is 42.9 Å². The average molecular weight is 322 g/mol. The molecular weight excluding hydrogens is 296 g/mol. The molecule has 4 heteroatoms. The van der Waals surface area contributed by atoms with Gasteiger partial charge in [-0.3, -0.25) is 0 Å². The van der Waals surface area contributed by atoms with E-state index < -0.39 is 15.3 Å². The molecule has 1 aliphatic carbocycles. The van der Waals surface area contributed by atoms with E-state index in [1.54, 1.807) is 6.08 Å². The molecule has 0 saturated heterocycles. The number of benzene rings is 1. The lowest BCUT2D eigenvalue weighted by atomic mass is 9.87. The fourth-order valence-corrected chi connectivity index (χ4v) is 4.41. The Morgan fingerprint density at radius 2 is 2.09 bits per heavy atom. The van der Waals surface area contributed by atoms with Crippen LogP contribution in [0.4, 0.5) is 0 Å². The highest BCUT2D eigenvalue weighted by atomic mass is 32.2. The molecule has 1 aromatic rings. The van der Waals surface area contributed by atoms with Gasteiger partial charge in [-0.2, -0.15) is 0 Å². The van der Waals surface area contributed by atoms with E-state index in [4.69, 9.17) is 4.74 Å². The number of sulfone groups is 1. The molecule has 0 unspecified atom stereocenters. The summed E-state index contributed by atoms with van der Waals surface area (Å²) >= 11 is 0. The number of hydrogen-bond donors (Lipinski definition) is 0. The van der Waals surface area contributed by atoms with E-state index in [9.17, 15) is 8.42 Å². The zero-order valence-corrected chi connectivity index (χ0v) is 14.4. The summed E-state index contributed by atoms with van der Waals surface area (Å²) in [5.41, 5.74) is 0.571. The SMILES string of the molecule is C=CCCS(=O)(=O)CC(C)(C)c1cccc(OCC2CC2)c1. The Kier molecular flexibility index (Phi) is 5.32. The molecular formula is C18H26O3S. The number of allylic oxidation sites excluding steroid dienone is 1. The summed E-state index contributed by atoms with van der Waals surface area (Å²) in [5.74, 6) is 1.84. The van der Waals surface area contributed by atoms with Crippen molar-refractivity contribution in [1.82, 2.24) is 0 Å². The molecule has 0 atom stereocenters. The van der Waals surface area contributed by atoms with Gasteiger partial charge in [-0.25, -0.2) is 8.42 Å². The van der Waals surface area contributed by atoms with Gasteiger partial charge < -0.3 is 4.74 Å². The molecule has 2 rings (SSSR count). The van der Waals surface area contributed by atoms with E-state index in [0.717, 1.165) is 17.9 Å². The minimum absolute atomic E-state index is 0.139. The third-order valence-electron chi connectivity index (χ3n) is 4.01. The summed E-state index contributed by atoms with van der Waals surface area (Å²) in [6.45, 7) is 8.30. The lowest BCUT2D eigenvalue weighted by Gasteiger charge is -2.25. The maximum atomic E-state index is 12.2. The quantitative estimate of drug-likeness (QED) is 0.650. The van der Waals surface area contributed by atoms with Gasteiger partial charge in [-0.15, -0.1) is 6.58 Å². The molecule has 3 nitrogen and oxygen atoms in total. The molecule has 22 heavy (non-hydrogen) atoms. The second-order valence-electron chi connectivity index (χ2n) is 6.84. The van der Waals surface area contributed by atoms with E-state index >= 15 is 0 Å². The van der Waals surface area contributed by atoms with Crippen LogP contribution in [0.1, 0.15) is 38.7 Å². The second kappa shape index (κ2) is 6.86. The maximum Gasteiger partial charge on any atom is 0.151 e. The van der Waals surface area contributed by atoms with Crippen LogP contribution in [-0.2, 0) is 15.3 Å². The second-order valence-corrected chi connectivity index (χ2v) is 9.02. The predicted molar refractivity (Wildman–Crippen MR) is 91.2 cm³/mol.